The Hall–Kier alpha value is -3.21. The van der Waals surface area contributed by atoms with E-state index in [1.54, 1.807) is 14.2 Å². The highest BCUT2D eigenvalue weighted by molar-refractivity contribution is 6.01. The molecular formula is C21H22N2O3. The van der Waals surface area contributed by atoms with Crippen LogP contribution >= 0.6 is 0 Å². The molecule has 0 fully saturated rings. The van der Waals surface area contributed by atoms with Crippen molar-refractivity contribution in [2.45, 2.75) is 13.0 Å². The minimum atomic E-state index is -0.279. The molecule has 0 saturated carbocycles. The van der Waals surface area contributed by atoms with Gasteiger partial charge in [0, 0.05) is 10.9 Å². The summed E-state index contributed by atoms with van der Waals surface area (Å²) in [7, 11) is 3.21. The second-order valence-electron chi connectivity index (χ2n) is 5.95. The van der Waals surface area contributed by atoms with Crippen LogP contribution in [-0.4, -0.2) is 20.3 Å². The van der Waals surface area contributed by atoms with Gasteiger partial charge in [-0.05, 0) is 36.6 Å². The average molecular weight is 350 g/mol. The SMILES string of the molecule is COc1ccc(OC)c(C(C)NC(=O)Nc2cccc3ccccc23)c1. The quantitative estimate of drug-likeness (QED) is 0.699. The maximum absolute atomic E-state index is 12.5. The van der Waals surface area contributed by atoms with E-state index in [-0.39, 0.29) is 12.1 Å². The van der Waals surface area contributed by atoms with Gasteiger partial charge in [-0.1, -0.05) is 36.4 Å². The predicted molar refractivity (Wildman–Crippen MR) is 104 cm³/mol. The van der Waals surface area contributed by atoms with Gasteiger partial charge in [0.15, 0.2) is 0 Å². The molecule has 0 radical (unpaired) electrons. The highest BCUT2D eigenvalue weighted by atomic mass is 16.5. The Balaban J connectivity index is 1.77. The number of rotatable bonds is 5. The third-order valence-corrected chi connectivity index (χ3v) is 4.29. The largest absolute Gasteiger partial charge is 0.497 e. The summed E-state index contributed by atoms with van der Waals surface area (Å²) in [6, 6.07) is 18.7. The number of anilines is 1. The van der Waals surface area contributed by atoms with E-state index in [1.807, 2.05) is 67.6 Å². The van der Waals surface area contributed by atoms with Crippen LogP contribution in [0.2, 0.25) is 0 Å². The van der Waals surface area contributed by atoms with Crippen molar-refractivity contribution < 1.29 is 14.3 Å². The molecule has 3 rings (SSSR count). The number of carbonyl (C=O) groups is 1. The molecule has 1 atom stereocenters. The molecule has 3 aromatic rings. The molecule has 26 heavy (non-hydrogen) atoms. The lowest BCUT2D eigenvalue weighted by molar-refractivity contribution is 0.249. The Morgan fingerprint density at radius 1 is 0.962 bits per heavy atom. The van der Waals surface area contributed by atoms with Crippen LogP contribution in [0.3, 0.4) is 0 Å². The van der Waals surface area contributed by atoms with E-state index in [9.17, 15) is 4.79 Å². The lowest BCUT2D eigenvalue weighted by atomic mass is 10.1. The summed E-state index contributed by atoms with van der Waals surface area (Å²) in [6.07, 6.45) is 0. The fourth-order valence-electron chi connectivity index (χ4n) is 2.94. The molecule has 0 spiro atoms. The van der Waals surface area contributed by atoms with Crippen LogP contribution in [0.25, 0.3) is 10.8 Å². The van der Waals surface area contributed by atoms with Gasteiger partial charge in [-0.25, -0.2) is 4.79 Å². The first-order valence-corrected chi connectivity index (χ1v) is 8.39. The summed E-state index contributed by atoms with van der Waals surface area (Å²) >= 11 is 0. The smallest absolute Gasteiger partial charge is 0.319 e. The molecule has 0 aliphatic rings. The van der Waals surface area contributed by atoms with Crippen molar-refractivity contribution in [2.24, 2.45) is 0 Å². The van der Waals surface area contributed by atoms with Crippen molar-refractivity contribution in [3.8, 4) is 11.5 Å². The lowest BCUT2D eigenvalue weighted by Crippen LogP contribution is -2.31. The molecule has 0 heterocycles. The van der Waals surface area contributed by atoms with E-state index in [4.69, 9.17) is 9.47 Å². The second-order valence-corrected chi connectivity index (χ2v) is 5.95. The fourth-order valence-corrected chi connectivity index (χ4v) is 2.94. The summed E-state index contributed by atoms with van der Waals surface area (Å²) in [5.41, 5.74) is 1.62. The Morgan fingerprint density at radius 3 is 2.50 bits per heavy atom. The molecule has 2 amide bonds. The van der Waals surface area contributed by atoms with Crippen LogP contribution in [0.15, 0.2) is 60.7 Å². The second kappa shape index (κ2) is 7.78. The summed E-state index contributed by atoms with van der Waals surface area (Å²) in [4.78, 5) is 12.5. The van der Waals surface area contributed by atoms with E-state index in [0.29, 0.717) is 11.5 Å². The molecule has 134 valence electrons. The monoisotopic (exact) mass is 350 g/mol. The zero-order valence-electron chi connectivity index (χ0n) is 15.1. The predicted octanol–water partition coefficient (Wildman–Crippen LogP) is 4.74. The molecule has 2 N–H and O–H groups in total. The molecule has 5 heteroatoms. The van der Waals surface area contributed by atoms with Crippen LogP contribution < -0.4 is 20.1 Å². The van der Waals surface area contributed by atoms with Gasteiger partial charge in [-0.3, -0.25) is 0 Å². The zero-order valence-corrected chi connectivity index (χ0v) is 15.1. The van der Waals surface area contributed by atoms with Crippen LogP contribution in [0.5, 0.6) is 11.5 Å². The topological polar surface area (TPSA) is 59.6 Å². The molecule has 1 unspecified atom stereocenters. The summed E-state index contributed by atoms with van der Waals surface area (Å²) < 4.78 is 10.7. The van der Waals surface area contributed by atoms with E-state index >= 15 is 0 Å². The highest BCUT2D eigenvalue weighted by Crippen LogP contribution is 2.29. The van der Waals surface area contributed by atoms with Crippen molar-refractivity contribution in [1.82, 2.24) is 5.32 Å². The number of ether oxygens (including phenoxy) is 2. The Bertz CT molecular complexity index is 919. The number of hydrogen-bond acceptors (Lipinski definition) is 3. The van der Waals surface area contributed by atoms with Crippen molar-refractivity contribution in [3.63, 3.8) is 0 Å². The first-order chi connectivity index (χ1) is 12.6. The van der Waals surface area contributed by atoms with Crippen molar-refractivity contribution in [3.05, 3.63) is 66.2 Å². The molecule has 0 aliphatic carbocycles. The summed E-state index contributed by atoms with van der Waals surface area (Å²) in [6.45, 7) is 1.90. The maximum atomic E-state index is 12.5. The number of fused-ring (bicyclic) bond motifs is 1. The number of carbonyl (C=O) groups excluding carboxylic acids is 1. The minimum absolute atomic E-state index is 0.255. The Kier molecular flexibility index (Phi) is 5.27. The van der Waals surface area contributed by atoms with E-state index in [1.165, 1.54) is 0 Å². The first kappa shape index (κ1) is 17.6. The van der Waals surface area contributed by atoms with Gasteiger partial charge in [0.1, 0.15) is 11.5 Å². The van der Waals surface area contributed by atoms with Gasteiger partial charge in [0.05, 0.1) is 25.9 Å². The fraction of sp³-hybridized carbons (Fsp3) is 0.190. The van der Waals surface area contributed by atoms with Crippen LogP contribution in [-0.2, 0) is 0 Å². The van der Waals surface area contributed by atoms with Gasteiger partial charge in [-0.2, -0.15) is 0 Å². The third-order valence-electron chi connectivity index (χ3n) is 4.29. The number of hydrogen-bond donors (Lipinski definition) is 2. The Morgan fingerprint density at radius 2 is 1.73 bits per heavy atom. The van der Waals surface area contributed by atoms with Gasteiger partial charge < -0.3 is 20.1 Å². The van der Waals surface area contributed by atoms with Crippen LogP contribution in [0.4, 0.5) is 10.5 Å². The number of urea groups is 1. The van der Waals surface area contributed by atoms with Gasteiger partial charge in [0.2, 0.25) is 0 Å². The standard InChI is InChI=1S/C21H22N2O3/c1-14(18-13-16(25-2)11-12-20(18)26-3)22-21(24)23-19-10-6-8-15-7-4-5-9-17(15)19/h4-14H,1-3H3,(H2,22,23,24). The minimum Gasteiger partial charge on any atom is -0.497 e. The van der Waals surface area contributed by atoms with E-state index < -0.39 is 0 Å². The molecule has 0 bridgehead atoms. The lowest BCUT2D eigenvalue weighted by Gasteiger charge is -2.19. The number of benzene rings is 3. The summed E-state index contributed by atoms with van der Waals surface area (Å²) in [5, 5.41) is 7.95. The molecule has 0 aromatic heterocycles. The number of nitrogens with one attached hydrogen (secondary N) is 2. The van der Waals surface area contributed by atoms with Gasteiger partial charge >= 0.3 is 6.03 Å². The Labute approximate surface area is 152 Å². The molecule has 0 saturated heterocycles. The third kappa shape index (κ3) is 3.72. The maximum Gasteiger partial charge on any atom is 0.319 e. The van der Waals surface area contributed by atoms with Crippen LogP contribution in [0, 0.1) is 0 Å². The van der Waals surface area contributed by atoms with E-state index in [0.717, 1.165) is 22.0 Å². The number of amides is 2. The zero-order chi connectivity index (χ0) is 18.5. The first-order valence-electron chi connectivity index (χ1n) is 8.39. The average Bonchev–Trinajstić information content (AvgIpc) is 2.67. The molecule has 5 nitrogen and oxygen atoms in total. The van der Waals surface area contributed by atoms with Gasteiger partial charge in [-0.15, -0.1) is 0 Å². The number of methoxy groups -OCH3 is 2. The van der Waals surface area contributed by atoms with Crippen molar-refractivity contribution in [1.29, 1.82) is 0 Å². The highest BCUT2D eigenvalue weighted by Gasteiger charge is 2.15. The van der Waals surface area contributed by atoms with Gasteiger partial charge in [0.25, 0.3) is 0 Å². The molecule has 0 aliphatic heterocycles. The van der Waals surface area contributed by atoms with Crippen LogP contribution in [0.1, 0.15) is 18.5 Å². The van der Waals surface area contributed by atoms with Crippen molar-refractivity contribution in [2.75, 3.05) is 19.5 Å². The van der Waals surface area contributed by atoms with E-state index in [2.05, 4.69) is 10.6 Å². The van der Waals surface area contributed by atoms with Crippen molar-refractivity contribution >= 4 is 22.5 Å². The molecular weight excluding hydrogens is 328 g/mol. The molecule has 3 aromatic carbocycles. The summed E-state index contributed by atoms with van der Waals surface area (Å²) in [5.74, 6) is 1.41. The normalized spacial score (nSPS) is 11.7.